The van der Waals surface area contributed by atoms with Crippen LogP contribution in [0.4, 0.5) is 5.82 Å². The van der Waals surface area contributed by atoms with Crippen molar-refractivity contribution >= 4 is 21.9 Å². The van der Waals surface area contributed by atoms with E-state index in [9.17, 15) is 13.2 Å². The first-order valence-corrected chi connectivity index (χ1v) is 12.0. The normalized spacial score (nSPS) is 18.2. The Bertz CT molecular complexity index is 995. The molecule has 2 aromatic rings. The van der Waals surface area contributed by atoms with E-state index in [2.05, 4.69) is 15.0 Å². The number of amides is 1. The fourth-order valence-corrected chi connectivity index (χ4v) is 4.96. The molecule has 1 saturated heterocycles. The van der Waals surface area contributed by atoms with Crippen molar-refractivity contribution in [3.63, 3.8) is 0 Å². The van der Waals surface area contributed by atoms with Crippen LogP contribution in [0.15, 0.2) is 42.5 Å². The van der Waals surface area contributed by atoms with E-state index in [-0.39, 0.29) is 5.91 Å². The summed E-state index contributed by atoms with van der Waals surface area (Å²) in [6.07, 6.45) is 4.39. The number of hydrogen-bond acceptors (Lipinski definition) is 4. The van der Waals surface area contributed by atoms with Gasteiger partial charge in [-0.2, -0.15) is 12.7 Å². The molecule has 2 fully saturated rings. The second kappa shape index (κ2) is 8.73. The summed E-state index contributed by atoms with van der Waals surface area (Å²) >= 11 is 0. The molecule has 0 bridgehead atoms. The van der Waals surface area contributed by atoms with E-state index >= 15 is 0 Å². The summed E-state index contributed by atoms with van der Waals surface area (Å²) in [5, 5.41) is 2.99. The Morgan fingerprint density at radius 3 is 2.40 bits per heavy atom. The maximum atomic E-state index is 12.7. The van der Waals surface area contributed by atoms with Gasteiger partial charge in [-0.3, -0.25) is 9.52 Å². The van der Waals surface area contributed by atoms with Crippen LogP contribution >= 0.6 is 0 Å². The van der Waals surface area contributed by atoms with Crippen LogP contribution in [0.1, 0.15) is 60.1 Å². The molecule has 160 valence electrons. The number of carbonyl (C=O) groups is 1. The molecule has 1 aliphatic heterocycles. The van der Waals surface area contributed by atoms with Gasteiger partial charge in [-0.25, -0.2) is 4.98 Å². The Kier molecular flexibility index (Phi) is 6.06. The van der Waals surface area contributed by atoms with E-state index in [1.165, 1.54) is 4.31 Å². The number of aromatic nitrogens is 1. The van der Waals surface area contributed by atoms with E-state index in [4.69, 9.17) is 0 Å². The first kappa shape index (κ1) is 20.8. The summed E-state index contributed by atoms with van der Waals surface area (Å²) in [7, 11) is -3.62. The summed E-state index contributed by atoms with van der Waals surface area (Å²) in [5.74, 6) is 0.631. The van der Waals surface area contributed by atoms with E-state index in [1.54, 1.807) is 6.07 Å². The number of hydrogen-bond donors (Lipinski definition) is 2. The number of rotatable bonds is 7. The number of aryl methyl sites for hydroxylation is 1. The molecule has 1 aliphatic carbocycles. The molecule has 30 heavy (non-hydrogen) atoms. The molecule has 2 N–H and O–H groups in total. The van der Waals surface area contributed by atoms with Crippen LogP contribution in [0.5, 0.6) is 0 Å². The molecular formula is C22H28N4O3S. The van der Waals surface area contributed by atoms with Gasteiger partial charge in [0.1, 0.15) is 5.82 Å². The third-order valence-corrected chi connectivity index (χ3v) is 7.27. The highest BCUT2D eigenvalue weighted by Gasteiger charge is 2.29. The minimum atomic E-state index is -3.62. The van der Waals surface area contributed by atoms with Gasteiger partial charge in [0.2, 0.25) is 0 Å². The number of nitrogens with zero attached hydrogens (tertiary/aromatic N) is 2. The van der Waals surface area contributed by atoms with Gasteiger partial charge in [-0.05, 0) is 67.9 Å². The number of nitrogens with one attached hydrogen (secondary N) is 2. The molecule has 4 rings (SSSR count). The lowest BCUT2D eigenvalue weighted by Gasteiger charge is -2.31. The van der Waals surface area contributed by atoms with Crippen molar-refractivity contribution in [3.8, 4) is 0 Å². The Hall–Kier alpha value is -2.45. The Morgan fingerprint density at radius 1 is 1.07 bits per heavy atom. The molecule has 1 amide bonds. The summed E-state index contributed by atoms with van der Waals surface area (Å²) < 4.78 is 29.6. The van der Waals surface area contributed by atoms with Crippen LogP contribution in [0.25, 0.3) is 0 Å². The molecule has 0 radical (unpaired) electrons. The van der Waals surface area contributed by atoms with Gasteiger partial charge < -0.3 is 5.32 Å². The fraction of sp³-hybridized carbons (Fsp3) is 0.455. The van der Waals surface area contributed by atoms with Crippen molar-refractivity contribution in [2.24, 2.45) is 0 Å². The second-order valence-electron chi connectivity index (χ2n) is 8.02. The average molecular weight is 429 g/mol. The number of benzene rings is 1. The summed E-state index contributed by atoms with van der Waals surface area (Å²) in [5.41, 5.74) is 2.68. The van der Waals surface area contributed by atoms with Gasteiger partial charge in [0.25, 0.3) is 5.91 Å². The summed E-state index contributed by atoms with van der Waals surface area (Å²) in [6, 6.07) is 13.4. The first-order valence-electron chi connectivity index (χ1n) is 10.6. The molecular weight excluding hydrogens is 400 g/mol. The Labute approximate surface area is 178 Å². The standard InChI is InChI=1S/C22H28N4O3S/c1-2-19-4-3-5-21(23-19)25-30(28,29)26-14-12-17(13-15-26)16-6-8-18(9-7-16)22(27)24-20-10-11-20/h3-9,17,20H,2,10-15H2,1H3,(H,23,25)(H,24,27). The zero-order chi connectivity index (χ0) is 21.1. The minimum absolute atomic E-state index is 0.0169. The molecule has 2 aliphatic rings. The topological polar surface area (TPSA) is 91.4 Å². The van der Waals surface area contributed by atoms with Gasteiger partial charge in [-0.1, -0.05) is 25.1 Å². The second-order valence-corrected chi connectivity index (χ2v) is 9.69. The minimum Gasteiger partial charge on any atom is -0.349 e. The lowest BCUT2D eigenvalue weighted by Crippen LogP contribution is -2.41. The Morgan fingerprint density at radius 2 is 1.77 bits per heavy atom. The van der Waals surface area contributed by atoms with Crippen LogP contribution < -0.4 is 10.0 Å². The quantitative estimate of drug-likeness (QED) is 0.709. The summed E-state index contributed by atoms with van der Waals surface area (Å²) in [6.45, 7) is 2.90. The molecule has 1 saturated carbocycles. The SMILES string of the molecule is CCc1cccc(NS(=O)(=O)N2CCC(c3ccc(C(=O)NC4CC4)cc3)CC2)n1. The molecule has 7 nitrogen and oxygen atoms in total. The predicted molar refractivity (Wildman–Crippen MR) is 117 cm³/mol. The predicted octanol–water partition coefficient (Wildman–Crippen LogP) is 3.07. The van der Waals surface area contributed by atoms with Crippen LogP contribution in [0.3, 0.4) is 0 Å². The number of anilines is 1. The Balaban J connectivity index is 1.34. The van der Waals surface area contributed by atoms with Crippen molar-refractivity contribution in [1.82, 2.24) is 14.6 Å². The van der Waals surface area contributed by atoms with Crippen LogP contribution in [0.2, 0.25) is 0 Å². The van der Waals surface area contributed by atoms with Crippen LogP contribution in [0, 0.1) is 0 Å². The molecule has 2 heterocycles. The van der Waals surface area contributed by atoms with Crippen molar-refractivity contribution in [3.05, 3.63) is 59.3 Å². The van der Waals surface area contributed by atoms with Crippen LogP contribution in [-0.2, 0) is 16.6 Å². The molecule has 1 aromatic heterocycles. The third kappa shape index (κ3) is 4.99. The van der Waals surface area contributed by atoms with Gasteiger partial charge >= 0.3 is 10.2 Å². The third-order valence-electron chi connectivity index (χ3n) is 5.75. The summed E-state index contributed by atoms with van der Waals surface area (Å²) in [4.78, 5) is 16.5. The van der Waals surface area contributed by atoms with Crippen molar-refractivity contribution in [1.29, 1.82) is 0 Å². The maximum absolute atomic E-state index is 12.7. The van der Waals surface area contributed by atoms with E-state index in [0.717, 1.165) is 43.4 Å². The van der Waals surface area contributed by atoms with E-state index in [1.807, 2.05) is 43.3 Å². The molecule has 0 spiro atoms. The number of pyridine rings is 1. The lowest BCUT2D eigenvalue weighted by atomic mass is 9.90. The molecule has 0 unspecified atom stereocenters. The lowest BCUT2D eigenvalue weighted by molar-refractivity contribution is 0.0951. The highest BCUT2D eigenvalue weighted by atomic mass is 32.2. The van der Waals surface area contributed by atoms with Gasteiger partial charge in [-0.15, -0.1) is 0 Å². The molecule has 0 atom stereocenters. The largest absolute Gasteiger partial charge is 0.349 e. The van der Waals surface area contributed by atoms with Crippen molar-refractivity contribution in [2.45, 2.75) is 51.0 Å². The van der Waals surface area contributed by atoms with Gasteiger partial charge in [0, 0.05) is 30.4 Å². The number of piperidine rings is 1. The monoisotopic (exact) mass is 428 g/mol. The highest BCUT2D eigenvalue weighted by molar-refractivity contribution is 7.90. The van der Waals surface area contributed by atoms with Crippen molar-refractivity contribution in [2.75, 3.05) is 17.8 Å². The average Bonchev–Trinajstić information content (AvgIpc) is 3.58. The molecule has 8 heteroatoms. The highest BCUT2D eigenvalue weighted by Crippen LogP contribution is 2.30. The number of carbonyl (C=O) groups excluding carboxylic acids is 1. The molecule has 1 aromatic carbocycles. The smallest absolute Gasteiger partial charge is 0.302 e. The zero-order valence-electron chi connectivity index (χ0n) is 17.2. The van der Waals surface area contributed by atoms with Crippen LogP contribution in [-0.4, -0.2) is 42.7 Å². The van der Waals surface area contributed by atoms with Gasteiger partial charge in [0.05, 0.1) is 0 Å². The van der Waals surface area contributed by atoms with Crippen molar-refractivity contribution < 1.29 is 13.2 Å². The zero-order valence-corrected chi connectivity index (χ0v) is 18.0. The van der Waals surface area contributed by atoms with Gasteiger partial charge in [0.15, 0.2) is 0 Å². The van der Waals surface area contributed by atoms with E-state index < -0.39 is 10.2 Å². The fourth-order valence-electron chi connectivity index (χ4n) is 3.76. The maximum Gasteiger partial charge on any atom is 0.302 e. The van der Waals surface area contributed by atoms with E-state index in [0.29, 0.717) is 36.4 Å². The first-order chi connectivity index (χ1) is 14.4.